The summed E-state index contributed by atoms with van der Waals surface area (Å²) in [6.45, 7) is 2.32. The Hall–Kier alpha value is -1.11. The average molecular weight is 289 g/mol. The standard InChI is InChI=1S/C12H20N4O2.ClH/c1-18-6-5-16-9-11(8-14-16)15-12(17)7-10-3-2-4-13-10;/h8-10,13H,2-7H2,1H3,(H,15,17);1H. The monoisotopic (exact) mass is 288 g/mol. The molecule has 1 amide bonds. The summed E-state index contributed by atoms with van der Waals surface area (Å²) in [5.74, 6) is 0.0423. The number of anilines is 1. The van der Waals surface area contributed by atoms with E-state index in [9.17, 15) is 4.79 Å². The van der Waals surface area contributed by atoms with Crippen molar-refractivity contribution >= 4 is 24.0 Å². The number of carbonyl (C=O) groups excluding carboxylic acids is 1. The van der Waals surface area contributed by atoms with Crippen molar-refractivity contribution in [3.63, 3.8) is 0 Å². The Morgan fingerprint density at radius 1 is 1.68 bits per heavy atom. The first-order chi connectivity index (χ1) is 8.78. The molecule has 1 aliphatic rings. The summed E-state index contributed by atoms with van der Waals surface area (Å²) in [4.78, 5) is 11.8. The predicted molar refractivity (Wildman–Crippen MR) is 75.6 cm³/mol. The zero-order valence-electron chi connectivity index (χ0n) is 11.1. The second-order valence-corrected chi connectivity index (χ2v) is 4.53. The van der Waals surface area contributed by atoms with E-state index in [2.05, 4.69) is 15.7 Å². The summed E-state index contributed by atoms with van der Waals surface area (Å²) >= 11 is 0. The maximum atomic E-state index is 11.8. The molecule has 0 aliphatic carbocycles. The minimum Gasteiger partial charge on any atom is -0.383 e. The maximum absolute atomic E-state index is 11.8. The maximum Gasteiger partial charge on any atom is 0.226 e. The highest BCUT2D eigenvalue weighted by molar-refractivity contribution is 5.90. The fourth-order valence-corrected chi connectivity index (χ4v) is 2.10. The van der Waals surface area contributed by atoms with E-state index in [4.69, 9.17) is 4.74 Å². The van der Waals surface area contributed by atoms with Crippen LogP contribution >= 0.6 is 12.4 Å². The van der Waals surface area contributed by atoms with Crippen molar-refractivity contribution in [3.05, 3.63) is 12.4 Å². The molecule has 0 bridgehead atoms. The number of carbonyl (C=O) groups is 1. The van der Waals surface area contributed by atoms with Crippen molar-refractivity contribution in [2.45, 2.75) is 31.8 Å². The third-order valence-electron chi connectivity index (χ3n) is 3.04. The Labute approximate surface area is 119 Å². The number of halogens is 1. The molecule has 1 aromatic heterocycles. The first-order valence-electron chi connectivity index (χ1n) is 6.32. The van der Waals surface area contributed by atoms with Gasteiger partial charge in [0.05, 0.1) is 25.0 Å². The molecule has 1 aliphatic heterocycles. The first-order valence-corrected chi connectivity index (χ1v) is 6.32. The van der Waals surface area contributed by atoms with Gasteiger partial charge in [-0.1, -0.05) is 0 Å². The van der Waals surface area contributed by atoms with Crippen LogP contribution in [0.4, 0.5) is 5.69 Å². The summed E-state index contributed by atoms with van der Waals surface area (Å²) in [5.41, 5.74) is 0.745. The molecule has 1 unspecified atom stereocenters. The van der Waals surface area contributed by atoms with E-state index in [1.165, 1.54) is 0 Å². The number of aromatic nitrogens is 2. The Balaban J connectivity index is 0.00000180. The molecule has 2 N–H and O–H groups in total. The molecule has 0 radical (unpaired) electrons. The predicted octanol–water partition coefficient (Wildman–Crippen LogP) is 1.03. The fraction of sp³-hybridized carbons (Fsp3) is 0.667. The third kappa shape index (κ3) is 5.18. The van der Waals surface area contributed by atoms with Crippen molar-refractivity contribution in [2.75, 3.05) is 25.6 Å². The van der Waals surface area contributed by atoms with E-state index < -0.39 is 0 Å². The lowest BCUT2D eigenvalue weighted by Crippen LogP contribution is -2.27. The second kappa shape index (κ2) is 8.14. The number of ether oxygens (including phenoxy) is 1. The summed E-state index contributed by atoms with van der Waals surface area (Å²) in [6.07, 6.45) is 6.26. The van der Waals surface area contributed by atoms with Crippen LogP contribution in [-0.2, 0) is 16.1 Å². The smallest absolute Gasteiger partial charge is 0.226 e. The van der Waals surface area contributed by atoms with Crippen molar-refractivity contribution in [3.8, 4) is 0 Å². The number of methoxy groups -OCH3 is 1. The minimum absolute atomic E-state index is 0. The van der Waals surface area contributed by atoms with Gasteiger partial charge in [-0.05, 0) is 19.4 Å². The van der Waals surface area contributed by atoms with Gasteiger partial charge >= 0.3 is 0 Å². The van der Waals surface area contributed by atoms with Crippen LogP contribution in [0.5, 0.6) is 0 Å². The van der Waals surface area contributed by atoms with Crippen molar-refractivity contribution in [1.29, 1.82) is 0 Å². The van der Waals surface area contributed by atoms with E-state index in [-0.39, 0.29) is 18.3 Å². The largest absolute Gasteiger partial charge is 0.383 e. The molecule has 0 saturated carbocycles. The lowest BCUT2D eigenvalue weighted by Gasteiger charge is -2.08. The van der Waals surface area contributed by atoms with Gasteiger partial charge in [-0.3, -0.25) is 9.48 Å². The van der Waals surface area contributed by atoms with Gasteiger partial charge in [0.15, 0.2) is 0 Å². The van der Waals surface area contributed by atoms with E-state index in [1.54, 1.807) is 18.0 Å². The molecule has 0 spiro atoms. The number of hydrogen-bond acceptors (Lipinski definition) is 4. The molecule has 2 heterocycles. The molecular formula is C12H21ClN4O2. The molecular weight excluding hydrogens is 268 g/mol. The van der Waals surface area contributed by atoms with Crippen LogP contribution in [0.1, 0.15) is 19.3 Å². The lowest BCUT2D eigenvalue weighted by molar-refractivity contribution is -0.116. The van der Waals surface area contributed by atoms with Crippen molar-refractivity contribution < 1.29 is 9.53 Å². The summed E-state index contributed by atoms with van der Waals surface area (Å²) in [5, 5.41) is 10.3. The average Bonchev–Trinajstić information content (AvgIpc) is 2.98. The van der Waals surface area contributed by atoms with Crippen LogP contribution in [0, 0.1) is 0 Å². The van der Waals surface area contributed by atoms with Gasteiger partial charge < -0.3 is 15.4 Å². The molecule has 1 saturated heterocycles. The van der Waals surface area contributed by atoms with E-state index in [0.717, 1.165) is 25.1 Å². The van der Waals surface area contributed by atoms with Gasteiger partial charge in [-0.25, -0.2) is 0 Å². The normalized spacial score (nSPS) is 18.1. The van der Waals surface area contributed by atoms with Crippen LogP contribution in [0.2, 0.25) is 0 Å². The van der Waals surface area contributed by atoms with Gasteiger partial charge in [0.25, 0.3) is 0 Å². The second-order valence-electron chi connectivity index (χ2n) is 4.53. The minimum atomic E-state index is 0. The SMILES string of the molecule is COCCn1cc(NC(=O)CC2CCCN2)cn1.Cl. The Kier molecular flexibility index (Phi) is 6.83. The van der Waals surface area contributed by atoms with Gasteiger partial charge in [-0.2, -0.15) is 5.10 Å². The molecule has 6 nitrogen and oxygen atoms in total. The van der Waals surface area contributed by atoms with Crippen LogP contribution in [0.15, 0.2) is 12.4 Å². The number of nitrogens with zero attached hydrogens (tertiary/aromatic N) is 2. The molecule has 108 valence electrons. The number of rotatable bonds is 6. The van der Waals surface area contributed by atoms with Crippen molar-refractivity contribution in [2.24, 2.45) is 0 Å². The van der Waals surface area contributed by atoms with Crippen LogP contribution in [0.25, 0.3) is 0 Å². The van der Waals surface area contributed by atoms with Gasteiger partial charge in [0, 0.05) is 25.8 Å². The van der Waals surface area contributed by atoms with Crippen molar-refractivity contribution in [1.82, 2.24) is 15.1 Å². The topological polar surface area (TPSA) is 68.2 Å². The van der Waals surface area contributed by atoms with Gasteiger partial charge in [-0.15, -0.1) is 12.4 Å². The molecule has 2 rings (SSSR count). The zero-order valence-corrected chi connectivity index (χ0v) is 11.9. The Morgan fingerprint density at radius 2 is 2.53 bits per heavy atom. The number of hydrogen-bond donors (Lipinski definition) is 2. The van der Waals surface area contributed by atoms with E-state index in [0.29, 0.717) is 25.6 Å². The Morgan fingerprint density at radius 3 is 3.21 bits per heavy atom. The summed E-state index contributed by atoms with van der Waals surface area (Å²) in [7, 11) is 1.65. The molecule has 1 aromatic rings. The molecule has 0 aromatic carbocycles. The van der Waals surface area contributed by atoms with E-state index in [1.807, 2.05) is 6.20 Å². The third-order valence-corrected chi connectivity index (χ3v) is 3.04. The highest BCUT2D eigenvalue weighted by Gasteiger charge is 2.17. The van der Waals surface area contributed by atoms with Crippen LogP contribution in [0.3, 0.4) is 0 Å². The number of amides is 1. The highest BCUT2D eigenvalue weighted by atomic mass is 35.5. The van der Waals surface area contributed by atoms with Crippen LogP contribution < -0.4 is 10.6 Å². The lowest BCUT2D eigenvalue weighted by atomic mass is 10.1. The molecule has 1 atom stereocenters. The fourth-order valence-electron chi connectivity index (χ4n) is 2.10. The molecule has 7 heteroatoms. The quantitative estimate of drug-likeness (QED) is 0.820. The van der Waals surface area contributed by atoms with Gasteiger partial charge in [0.2, 0.25) is 5.91 Å². The van der Waals surface area contributed by atoms with Crippen LogP contribution in [-0.4, -0.2) is 42.0 Å². The van der Waals surface area contributed by atoms with Gasteiger partial charge in [0.1, 0.15) is 0 Å². The Bertz CT molecular complexity index is 391. The zero-order chi connectivity index (χ0) is 12.8. The highest BCUT2D eigenvalue weighted by Crippen LogP contribution is 2.11. The molecule has 19 heavy (non-hydrogen) atoms. The summed E-state index contributed by atoms with van der Waals surface area (Å²) < 4.78 is 6.73. The molecule has 1 fully saturated rings. The summed E-state index contributed by atoms with van der Waals surface area (Å²) in [6, 6.07) is 0.327. The van der Waals surface area contributed by atoms with E-state index >= 15 is 0 Å². The number of nitrogens with one attached hydrogen (secondary N) is 2. The first kappa shape index (κ1) is 15.9.